The van der Waals surface area contributed by atoms with Gasteiger partial charge in [0.05, 0.1) is 0 Å². The van der Waals surface area contributed by atoms with E-state index >= 15 is 0 Å². The molecule has 1 heterocycles. The van der Waals surface area contributed by atoms with Crippen LogP contribution < -0.4 is 10.2 Å². The molecule has 0 saturated carbocycles. The number of rotatable bonds is 5. The van der Waals surface area contributed by atoms with Gasteiger partial charge in [0.2, 0.25) is 5.95 Å². The lowest BCUT2D eigenvalue weighted by Crippen LogP contribution is -2.41. The van der Waals surface area contributed by atoms with Crippen molar-refractivity contribution in [2.75, 3.05) is 23.8 Å². The molecule has 90 valence electrons. The average molecular weight is 222 g/mol. The maximum absolute atomic E-state index is 4.48. The zero-order valence-corrected chi connectivity index (χ0v) is 10.9. The fraction of sp³-hybridized carbons (Fsp3) is 0.667. The Morgan fingerprint density at radius 1 is 1.38 bits per heavy atom. The molecule has 0 radical (unpaired) electrons. The minimum Gasteiger partial charge on any atom is -0.354 e. The third-order valence-electron chi connectivity index (χ3n) is 3.09. The molecule has 0 unspecified atom stereocenters. The summed E-state index contributed by atoms with van der Waals surface area (Å²) in [7, 11) is 2.07. The topological polar surface area (TPSA) is 41.1 Å². The molecule has 0 aliphatic heterocycles. The molecule has 4 heteroatoms. The lowest BCUT2D eigenvalue weighted by atomic mass is 10.0. The van der Waals surface area contributed by atoms with Gasteiger partial charge in [0.1, 0.15) is 5.82 Å². The Kier molecular flexibility index (Phi) is 4.10. The van der Waals surface area contributed by atoms with Crippen molar-refractivity contribution < 1.29 is 0 Å². The Hall–Kier alpha value is -1.32. The van der Waals surface area contributed by atoms with E-state index < -0.39 is 0 Å². The van der Waals surface area contributed by atoms with Crippen molar-refractivity contribution in [3.63, 3.8) is 0 Å². The summed E-state index contributed by atoms with van der Waals surface area (Å²) in [6.07, 6.45) is 2.87. The van der Waals surface area contributed by atoms with Crippen LogP contribution >= 0.6 is 0 Å². The Morgan fingerprint density at radius 2 is 2.06 bits per heavy atom. The van der Waals surface area contributed by atoms with Gasteiger partial charge in [0.25, 0.3) is 0 Å². The second-order valence-electron chi connectivity index (χ2n) is 4.49. The summed E-state index contributed by atoms with van der Waals surface area (Å²) in [5, 5.41) is 3.12. The number of aromatic nitrogens is 2. The van der Waals surface area contributed by atoms with Crippen LogP contribution in [0, 0.1) is 0 Å². The zero-order valence-electron chi connectivity index (χ0n) is 10.9. The summed E-state index contributed by atoms with van der Waals surface area (Å²) in [6.45, 7) is 9.48. The molecule has 0 bridgehead atoms. The molecule has 1 aromatic rings. The molecule has 0 spiro atoms. The highest BCUT2D eigenvalue weighted by molar-refractivity contribution is 5.43. The first kappa shape index (κ1) is 12.7. The zero-order chi connectivity index (χ0) is 12.2. The van der Waals surface area contributed by atoms with E-state index in [0.717, 1.165) is 18.8 Å². The van der Waals surface area contributed by atoms with Gasteiger partial charge in [-0.3, -0.25) is 0 Å². The van der Waals surface area contributed by atoms with E-state index in [0.29, 0.717) is 5.95 Å². The summed E-state index contributed by atoms with van der Waals surface area (Å²) in [5.74, 6) is 1.65. The fourth-order valence-electron chi connectivity index (χ4n) is 1.33. The molecule has 0 aliphatic carbocycles. The van der Waals surface area contributed by atoms with Crippen LogP contribution in [-0.4, -0.2) is 29.1 Å². The standard InChI is InChI=1S/C12H22N4/c1-6-12(3,4)16(5)10-8-9-14-11(15-10)13-7-2/h8-9H,6-7H2,1-5H3,(H,13,14,15). The van der Waals surface area contributed by atoms with E-state index in [1.165, 1.54) is 0 Å². The highest BCUT2D eigenvalue weighted by atomic mass is 15.2. The van der Waals surface area contributed by atoms with Crippen molar-refractivity contribution in [1.29, 1.82) is 0 Å². The van der Waals surface area contributed by atoms with Crippen molar-refractivity contribution in [2.45, 2.75) is 39.7 Å². The minimum atomic E-state index is 0.109. The monoisotopic (exact) mass is 222 g/mol. The van der Waals surface area contributed by atoms with Gasteiger partial charge in [0.15, 0.2) is 0 Å². The highest BCUT2D eigenvalue weighted by Crippen LogP contribution is 2.23. The van der Waals surface area contributed by atoms with Gasteiger partial charge >= 0.3 is 0 Å². The van der Waals surface area contributed by atoms with E-state index in [4.69, 9.17) is 0 Å². The third kappa shape index (κ3) is 2.84. The minimum absolute atomic E-state index is 0.109. The molecule has 1 N–H and O–H groups in total. The highest BCUT2D eigenvalue weighted by Gasteiger charge is 2.22. The molecule has 0 fully saturated rings. The van der Waals surface area contributed by atoms with Gasteiger partial charge in [-0.1, -0.05) is 6.92 Å². The average Bonchev–Trinajstić information content (AvgIpc) is 2.29. The molecule has 0 saturated heterocycles. The van der Waals surface area contributed by atoms with Gasteiger partial charge in [-0.05, 0) is 33.3 Å². The first-order chi connectivity index (χ1) is 7.51. The Labute approximate surface area is 98.1 Å². The van der Waals surface area contributed by atoms with E-state index in [1.54, 1.807) is 6.20 Å². The van der Waals surface area contributed by atoms with Gasteiger partial charge < -0.3 is 10.2 Å². The second kappa shape index (κ2) is 5.14. The Balaban J connectivity index is 2.91. The maximum atomic E-state index is 4.48. The quantitative estimate of drug-likeness (QED) is 0.831. The smallest absolute Gasteiger partial charge is 0.224 e. The van der Waals surface area contributed by atoms with Crippen molar-refractivity contribution in [2.24, 2.45) is 0 Å². The van der Waals surface area contributed by atoms with Crippen molar-refractivity contribution in [1.82, 2.24) is 9.97 Å². The first-order valence-electron chi connectivity index (χ1n) is 5.82. The number of nitrogens with one attached hydrogen (secondary N) is 1. The van der Waals surface area contributed by atoms with Gasteiger partial charge in [0, 0.05) is 25.3 Å². The Bertz CT molecular complexity index is 336. The summed E-state index contributed by atoms with van der Waals surface area (Å²) in [5.41, 5.74) is 0.109. The van der Waals surface area contributed by atoms with E-state index in [1.807, 2.05) is 13.0 Å². The van der Waals surface area contributed by atoms with Gasteiger partial charge in [-0.15, -0.1) is 0 Å². The van der Waals surface area contributed by atoms with Crippen molar-refractivity contribution in [3.8, 4) is 0 Å². The van der Waals surface area contributed by atoms with Gasteiger partial charge in [-0.2, -0.15) is 4.98 Å². The number of hydrogen-bond acceptors (Lipinski definition) is 4. The van der Waals surface area contributed by atoms with Crippen LogP contribution in [0.15, 0.2) is 12.3 Å². The number of nitrogens with zero attached hydrogens (tertiary/aromatic N) is 3. The van der Waals surface area contributed by atoms with Crippen LogP contribution in [0.25, 0.3) is 0 Å². The molecule has 1 aromatic heterocycles. The van der Waals surface area contributed by atoms with Crippen LogP contribution in [0.3, 0.4) is 0 Å². The molecule has 0 aromatic carbocycles. The van der Waals surface area contributed by atoms with Gasteiger partial charge in [-0.25, -0.2) is 4.98 Å². The fourth-order valence-corrected chi connectivity index (χ4v) is 1.33. The number of anilines is 2. The molecule has 1 rings (SSSR count). The van der Waals surface area contributed by atoms with Crippen LogP contribution in [-0.2, 0) is 0 Å². The molecule has 16 heavy (non-hydrogen) atoms. The molecule has 0 atom stereocenters. The van der Waals surface area contributed by atoms with Crippen molar-refractivity contribution >= 4 is 11.8 Å². The van der Waals surface area contributed by atoms with E-state index in [9.17, 15) is 0 Å². The summed E-state index contributed by atoms with van der Waals surface area (Å²) in [6, 6.07) is 1.94. The molecule has 4 nitrogen and oxygen atoms in total. The van der Waals surface area contributed by atoms with Crippen molar-refractivity contribution in [3.05, 3.63) is 12.3 Å². The first-order valence-corrected chi connectivity index (χ1v) is 5.82. The summed E-state index contributed by atoms with van der Waals surface area (Å²) in [4.78, 5) is 10.8. The summed E-state index contributed by atoms with van der Waals surface area (Å²) < 4.78 is 0. The maximum Gasteiger partial charge on any atom is 0.224 e. The van der Waals surface area contributed by atoms with Crippen LogP contribution in [0.2, 0.25) is 0 Å². The van der Waals surface area contributed by atoms with Crippen LogP contribution in [0.5, 0.6) is 0 Å². The van der Waals surface area contributed by atoms with Crippen LogP contribution in [0.4, 0.5) is 11.8 Å². The third-order valence-corrected chi connectivity index (χ3v) is 3.09. The normalized spacial score (nSPS) is 11.3. The second-order valence-corrected chi connectivity index (χ2v) is 4.49. The van der Waals surface area contributed by atoms with E-state index in [-0.39, 0.29) is 5.54 Å². The SMILES string of the molecule is CCNc1nccc(N(C)C(C)(C)CC)n1. The number of hydrogen-bond donors (Lipinski definition) is 1. The van der Waals surface area contributed by atoms with E-state index in [2.05, 4.69) is 48.0 Å². The predicted molar refractivity (Wildman–Crippen MR) is 69.0 cm³/mol. The lowest BCUT2D eigenvalue weighted by Gasteiger charge is -2.35. The van der Waals surface area contributed by atoms with Crippen LogP contribution in [0.1, 0.15) is 34.1 Å². The summed E-state index contributed by atoms with van der Waals surface area (Å²) >= 11 is 0. The molecular weight excluding hydrogens is 200 g/mol. The Morgan fingerprint density at radius 3 is 2.62 bits per heavy atom. The molecular formula is C12H22N4. The lowest BCUT2D eigenvalue weighted by molar-refractivity contribution is 0.467. The largest absolute Gasteiger partial charge is 0.354 e. The molecule has 0 aliphatic rings. The molecule has 0 amide bonds. The predicted octanol–water partition coefficient (Wildman–Crippen LogP) is 2.53.